The van der Waals surface area contributed by atoms with Crippen molar-refractivity contribution in [2.24, 2.45) is 0 Å². The zero-order chi connectivity index (χ0) is 40.6. The molecule has 0 radical (unpaired) electrons. The van der Waals surface area contributed by atoms with Crippen LogP contribution < -0.4 is 11.1 Å². The fourth-order valence-electron chi connectivity index (χ4n) is 5.81. The van der Waals surface area contributed by atoms with Gasteiger partial charge in [-0.25, -0.2) is 8.78 Å². The molecule has 0 saturated heterocycles. The lowest BCUT2D eigenvalue weighted by Gasteiger charge is -2.15. The molecule has 0 atom stereocenters. The highest BCUT2D eigenvalue weighted by Gasteiger charge is 2.14. The van der Waals surface area contributed by atoms with E-state index in [2.05, 4.69) is 38.4 Å². The number of anilines is 3. The predicted octanol–water partition coefficient (Wildman–Crippen LogP) is 13.9. The third-order valence-corrected chi connectivity index (χ3v) is 9.46. The van der Waals surface area contributed by atoms with Crippen LogP contribution >= 0.6 is 34.8 Å². The lowest BCUT2D eigenvalue weighted by atomic mass is 10.0. The van der Waals surface area contributed by atoms with Gasteiger partial charge in [0.2, 0.25) is 0 Å². The number of fused-ring (bicyclic) bond motifs is 2. The number of aromatic nitrogens is 4. The first-order chi connectivity index (χ1) is 27.4. The summed E-state index contributed by atoms with van der Waals surface area (Å²) in [5.41, 5.74) is 14.9. The Balaban J connectivity index is 0.000000161. The van der Waals surface area contributed by atoms with E-state index in [4.69, 9.17) is 40.5 Å². The zero-order valence-corrected chi connectivity index (χ0v) is 33.1. The van der Waals surface area contributed by atoms with Crippen molar-refractivity contribution in [1.82, 2.24) is 19.9 Å². The van der Waals surface area contributed by atoms with Crippen molar-refractivity contribution in [3.05, 3.63) is 185 Å². The molecule has 0 aliphatic carbocycles. The van der Waals surface area contributed by atoms with Crippen molar-refractivity contribution in [3.8, 4) is 22.5 Å². The molecule has 57 heavy (non-hydrogen) atoms. The Morgan fingerprint density at radius 2 is 1.11 bits per heavy atom. The molecule has 0 fully saturated rings. The Morgan fingerprint density at radius 1 is 0.579 bits per heavy atom. The predicted molar refractivity (Wildman–Crippen MR) is 235 cm³/mol. The van der Waals surface area contributed by atoms with Crippen LogP contribution in [0.4, 0.5) is 25.8 Å². The molecule has 0 bridgehead atoms. The van der Waals surface area contributed by atoms with Crippen LogP contribution in [0.5, 0.6) is 0 Å². The number of hydrogen-bond acceptors (Lipinski definition) is 6. The largest absolute Gasteiger partial charge is 0.398 e. The number of allylic oxidation sites excluding steroid dienone is 2. The maximum Gasteiger partial charge on any atom is 0.132 e. The number of pyridine rings is 4. The molecule has 284 valence electrons. The van der Waals surface area contributed by atoms with E-state index in [-0.39, 0.29) is 11.6 Å². The zero-order valence-electron chi connectivity index (χ0n) is 30.9. The molecular formula is C46H35Cl3F2N6. The molecule has 6 nitrogen and oxygen atoms in total. The molecule has 4 heterocycles. The molecule has 0 aliphatic heterocycles. The number of halogens is 5. The standard InChI is InChI=1S/C23H17ClFN3.C14H10Cl2FN.C9H8N2/c1-14(2)18-13-27-22(17-11-15(24)8-9-19(17)25)12-23(18)28-21-7-3-6-20-16(21)5-4-10-26-20;1-8(2)11-7-18-14(6-12(11)16)10-5-9(15)3-4-13(10)17;10-8-4-1-5-9-7(8)3-2-6-11-9/h3-13H,1H2,2H3,(H,27,28);3-7H,1H2,2H3;1-6H,10H2. The average molecular weight is 816 g/mol. The number of nitrogens with two attached hydrogens (primary N) is 1. The SMILES string of the molecule is C=C(C)c1cnc(-c2cc(Cl)ccc2F)cc1Cl.C=C(C)c1cnc(-c2cc(Cl)ccc2F)cc1Nc1cccc2ncccc12.Nc1cccc2ncccc12. The Bertz CT molecular complexity index is 2760. The van der Waals surface area contributed by atoms with Gasteiger partial charge in [-0.05, 0) is 122 Å². The van der Waals surface area contributed by atoms with Gasteiger partial charge in [-0.15, -0.1) is 0 Å². The van der Waals surface area contributed by atoms with Crippen molar-refractivity contribution in [1.29, 1.82) is 0 Å². The molecule has 0 unspecified atom stereocenters. The van der Waals surface area contributed by atoms with E-state index in [9.17, 15) is 8.78 Å². The summed E-state index contributed by atoms with van der Waals surface area (Å²) in [5, 5.41) is 6.86. The van der Waals surface area contributed by atoms with Crippen LogP contribution in [0.2, 0.25) is 15.1 Å². The summed E-state index contributed by atoms with van der Waals surface area (Å²) in [5.74, 6) is -0.758. The number of nitrogen functional groups attached to an aromatic ring is 1. The molecule has 4 aromatic heterocycles. The van der Waals surface area contributed by atoms with Gasteiger partial charge in [-0.2, -0.15) is 0 Å². The summed E-state index contributed by atoms with van der Waals surface area (Å²) in [6, 6.07) is 31.6. The van der Waals surface area contributed by atoms with Gasteiger partial charge in [0.05, 0.1) is 27.4 Å². The van der Waals surface area contributed by atoms with Crippen LogP contribution in [0.1, 0.15) is 25.0 Å². The summed E-state index contributed by atoms with van der Waals surface area (Å²) in [6.07, 6.45) is 6.81. The van der Waals surface area contributed by atoms with Crippen molar-refractivity contribution in [2.45, 2.75) is 13.8 Å². The van der Waals surface area contributed by atoms with Gasteiger partial charge in [0, 0.05) is 84.9 Å². The van der Waals surface area contributed by atoms with Crippen molar-refractivity contribution in [2.75, 3.05) is 11.1 Å². The minimum absolute atomic E-state index is 0.331. The molecule has 0 saturated carbocycles. The summed E-state index contributed by atoms with van der Waals surface area (Å²) in [6.45, 7) is 11.6. The molecule has 4 aromatic carbocycles. The van der Waals surface area contributed by atoms with E-state index in [0.717, 1.165) is 61.1 Å². The number of nitrogens with zero attached hydrogens (tertiary/aromatic N) is 4. The van der Waals surface area contributed by atoms with Gasteiger partial charge in [-0.1, -0.05) is 60.1 Å². The lowest BCUT2D eigenvalue weighted by Crippen LogP contribution is -1.99. The fourth-order valence-corrected chi connectivity index (χ4v) is 6.47. The normalized spacial score (nSPS) is 10.6. The van der Waals surface area contributed by atoms with Gasteiger partial charge in [0.1, 0.15) is 11.6 Å². The topological polar surface area (TPSA) is 89.6 Å². The highest BCUT2D eigenvalue weighted by atomic mass is 35.5. The van der Waals surface area contributed by atoms with Crippen molar-refractivity contribution in [3.63, 3.8) is 0 Å². The van der Waals surface area contributed by atoms with Crippen molar-refractivity contribution < 1.29 is 8.78 Å². The monoisotopic (exact) mass is 814 g/mol. The summed E-state index contributed by atoms with van der Waals surface area (Å²) < 4.78 is 28.0. The van der Waals surface area contributed by atoms with Crippen LogP contribution in [-0.2, 0) is 0 Å². The maximum absolute atomic E-state index is 14.3. The number of nitrogens with one attached hydrogen (secondary N) is 1. The lowest BCUT2D eigenvalue weighted by molar-refractivity contribution is 0.630. The van der Waals surface area contributed by atoms with E-state index in [1.165, 1.54) is 30.3 Å². The van der Waals surface area contributed by atoms with Gasteiger partial charge >= 0.3 is 0 Å². The second-order valence-electron chi connectivity index (χ2n) is 12.9. The quantitative estimate of drug-likeness (QED) is 0.163. The molecule has 8 aromatic rings. The van der Waals surface area contributed by atoms with Gasteiger partial charge < -0.3 is 11.1 Å². The highest BCUT2D eigenvalue weighted by Crippen LogP contribution is 2.34. The molecular weight excluding hydrogens is 781 g/mol. The third-order valence-electron chi connectivity index (χ3n) is 8.68. The first-order valence-electron chi connectivity index (χ1n) is 17.5. The fraction of sp³-hybridized carbons (Fsp3) is 0.0435. The van der Waals surface area contributed by atoms with Gasteiger partial charge in [-0.3, -0.25) is 19.9 Å². The average Bonchev–Trinajstić information content (AvgIpc) is 3.20. The van der Waals surface area contributed by atoms with E-state index in [0.29, 0.717) is 37.6 Å². The van der Waals surface area contributed by atoms with Gasteiger partial charge in [0.25, 0.3) is 0 Å². The Kier molecular flexibility index (Phi) is 12.9. The second kappa shape index (κ2) is 18.2. The van der Waals surface area contributed by atoms with E-state index in [1.54, 1.807) is 36.9 Å². The molecule has 0 aliphatic rings. The molecule has 8 rings (SSSR count). The molecule has 3 N–H and O–H groups in total. The number of benzene rings is 4. The molecule has 0 spiro atoms. The molecule has 0 amide bonds. The number of hydrogen-bond donors (Lipinski definition) is 2. The van der Waals surface area contributed by atoms with E-state index in [1.807, 2.05) is 80.6 Å². The van der Waals surface area contributed by atoms with Crippen LogP contribution in [0.3, 0.4) is 0 Å². The van der Waals surface area contributed by atoms with Crippen molar-refractivity contribution >= 4 is 84.8 Å². The minimum Gasteiger partial charge on any atom is -0.398 e. The van der Waals surface area contributed by atoms with Crippen LogP contribution in [-0.4, -0.2) is 19.9 Å². The Morgan fingerprint density at radius 3 is 1.67 bits per heavy atom. The van der Waals surface area contributed by atoms with E-state index < -0.39 is 0 Å². The first-order valence-corrected chi connectivity index (χ1v) is 18.6. The molecule has 11 heteroatoms. The summed E-state index contributed by atoms with van der Waals surface area (Å²) in [7, 11) is 0. The Hall–Kier alpha value is -6.19. The van der Waals surface area contributed by atoms with Gasteiger partial charge in [0.15, 0.2) is 0 Å². The summed E-state index contributed by atoms with van der Waals surface area (Å²) in [4.78, 5) is 17.2. The van der Waals surface area contributed by atoms with Crippen LogP contribution in [0, 0.1) is 11.6 Å². The summed E-state index contributed by atoms with van der Waals surface area (Å²) >= 11 is 18.0. The second-order valence-corrected chi connectivity index (χ2v) is 14.2. The highest BCUT2D eigenvalue weighted by molar-refractivity contribution is 6.32. The van der Waals surface area contributed by atoms with Crippen LogP contribution in [0.25, 0.3) is 55.5 Å². The van der Waals surface area contributed by atoms with E-state index >= 15 is 0 Å². The first kappa shape index (κ1) is 40.5. The maximum atomic E-state index is 14.3. The van der Waals surface area contributed by atoms with Crippen LogP contribution in [0.15, 0.2) is 147 Å². The number of rotatable bonds is 6. The Labute approximate surface area is 344 Å². The minimum atomic E-state index is -0.383. The smallest absolute Gasteiger partial charge is 0.132 e. The third kappa shape index (κ3) is 9.80.